The molecule has 75 valence electrons. The zero-order valence-corrected chi connectivity index (χ0v) is 8.67. The van der Waals surface area contributed by atoms with E-state index in [0.29, 0.717) is 0 Å². The first-order valence-corrected chi connectivity index (χ1v) is 4.73. The number of rotatable bonds is 0. The maximum Gasteiger partial charge on any atom is 0.410 e. The summed E-state index contributed by atoms with van der Waals surface area (Å²) in [5.74, 6) is 0. The molecule has 0 bridgehead atoms. The Hall–Kier alpha value is -0.730. The molecule has 3 heteroatoms. The summed E-state index contributed by atoms with van der Waals surface area (Å²) in [6.07, 6.45) is 1.79. The van der Waals surface area contributed by atoms with Crippen molar-refractivity contribution in [3.05, 3.63) is 6.92 Å². The molecule has 1 atom stereocenters. The van der Waals surface area contributed by atoms with E-state index < -0.39 is 5.60 Å². The molecular weight excluding hydrogens is 166 g/mol. The lowest BCUT2D eigenvalue weighted by atomic mass is 10.2. The van der Waals surface area contributed by atoms with Crippen molar-refractivity contribution in [3.8, 4) is 0 Å². The monoisotopic (exact) mass is 184 g/mol. The molecule has 0 saturated carbocycles. The predicted octanol–water partition coefficient (Wildman–Crippen LogP) is 2.22. The van der Waals surface area contributed by atoms with E-state index in [9.17, 15) is 4.79 Å². The lowest BCUT2D eigenvalue weighted by Crippen LogP contribution is -2.38. The Morgan fingerprint density at radius 3 is 2.54 bits per heavy atom. The van der Waals surface area contributed by atoms with Crippen molar-refractivity contribution in [2.24, 2.45) is 0 Å². The SMILES string of the molecule is [CH2][C@H]1CCCN1C(=O)OC(C)(C)C. The Morgan fingerprint density at radius 1 is 1.54 bits per heavy atom. The molecule has 0 aliphatic carbocycles. The van der Waals surface area contributed by atoms with Crippen molar-refractivity contribution in [1.29, 1.82) is 0 Å². The normalized spacial score (nSPS) is 23.4. The molecule has 0 unspecified atom stereocenters. The van der Waals surface area contributed by atoms with Crippen molar-refractivity contribution in [3.63, 3.8) is 0 Å². The number of carbonyl (C=O) groups is 1. The van der Waals surface area contributed by atoms with Gasteiger partial charge in [-0.15, -0.1) is 0 Å². The van der Waals surface area contributed by atoms with E-state index in [1.54, 1.807) is 4.90 Å². The Morgan fingerprint density at radius 2 is 2.15 bits per heavy atom. The molecule has 0 aromatic heterocycles. The topological polar surface area (TPSA) is 29.5 Å². The molecule has 13 heavy (non-hydrogen) atoms. The van der Waals surface area contributed by atoms with E-state index >= 15 is 0 Å². The van der Waals surface area contributed by atoms with E-state index in [0.717, 1.165) is 19.4 Å². The minimum atomic E-state index is -0.403. The van der Waals surface area contributed by atoms with Crippen molar-refractivity contribution >= 4 is 6.09 Å². The van der Waals surface area contributed by atoms with Crippen molar-refractivity contribution in [2.45, 2.75) is 45.3 Å². The molecule has 0 N–H and O–H groups in total. The third kappa shape index (κ3) is 2.90. The van der Waals surface area contributed by atoms with Gasteiger partial charge in [0.25, 0.3) is 0 Å². The summed E-state index contributed by atoms with van der Waals surface area (Å²) >= 11 is 0. The second-order valence-electron chi connectivity index (χ2n) is 4.47. The first-order chi connectivity index (χ1) is 5.90. The molecular formula is C10H18NO2. The van der Waals surface area contributed by atoms with Crippen LogP contribution in [-0.2, 0) is 4.74 Å². The summed E-state index contributed by atoms with van der Waals surface area (Å²) in [5, 5.41) is 0. The zero-order valence-electron chi connectivity index (χ0n) is 8.67. The van der Waals surface area contributed by atoms with Gasteiger partial charge >= 0.3 is 6.09 Å². The smallest absolute Gasteiger partial charge is 0.410 e. The highest BCUT2D eigenvalue weighted by atomic mass is 16.6. The molecule has 1 fully saturated rings. The number of hydrogen-bond donors (Lipinski definition) is 0. The Kier molecular flexibility index (Phi) is 2.84. The fraction of sp³-hybridized carbons (Fsp3) is 0.800. The summed E-state index contributed by atoms with van der Waals surface area (Å²) in [4.78, 5) is 13.2. The van der Waals surface area contributed by atoms with Gasteiger partial charge in [-0.05, 0) is 40.5 Å². The number of amides is 1. The quantitative estimate of drug-likeness (QED) is 0.577. The minimum absolute atomic E-state index is 0.0925. The molecule has 1 aliphatic heterocycles. The number of carbonyl (C=O) groups excluding carboxylic acids is 1. The Bertz CT molecular complexity index is 196. The van der Waals surface area contributed by atoms with Crippen molar-refractivity contribution in [1.82, 2.24) is 4.90 Å². The van der Waals surface area contributed by atoms with Gasteiger partial charge < -0.3 is 9.64 Å². The molecule has 0 aromatic carbocycles. The van der Waals surface area contributed by atoms with Crippen LogP contribution in [0.15, 0.2) is 0 Å². The first-order valence-electron chi connectivity index (χ1n) is 4.73. The largest absolute Gasteiger partial charge is 0.444 e. The third-order valence-electron chi connectivity index (χ3n) is 2.01. The van der Waals surface area contributed by atoms with Gasteiger partial charge in [0.2, 0.25) is 0 Å². The molecule has 1 aliphatic rings. The Labute approximate surface area is 80.1 Å². The molecule has 1 saturated heterocycles. The van der Waals surface area contributed by atoms with Gasteiger partial charge in [0, 0.05) is 12.6 Å². The van der Waals surface area contributed by atoms with Gasteiger partial charge in [-0.1, -0.05) is 0 Å². The molecule has 1 heterocycles. The Balaban J connectivity index is 2.48. The van der Waals surface area contributed by atoms with E-state index in [1.165, 1.54) is 0 Å². The van der Waals surface area contributed by atoms with E-state index in [2.05, 4.69) is 6.92 Å². The number of nitrogens with zero attached hydrogens (tertiary/aromatic N) is 1. The second-order valence-corrected chi connectivity index (χ2v) is 4.47. The summed E-state index contributed by atoms with van der Waals surface area (Å²) in [7, 11) is 0. The lowest BCUT2D eigenvalue weighted by Gasteiger charge is -2.26. The van der Waals surface area contributed by atoms with Gasteiger partial charge in [-0.25, -0.2) is 4.79 Å². The third-order valence-corrected chi connectivity index (χ3v) is 2.01. The average Bonchev–Trinajstić information content (AvgIpc) is 2.30. The van der Waals surface area contributed by atoms with Gasteiger partial charge in [-0.2, -0.15) is 0 Å². The van der Waals surface area contributed by atoms with Crippen molar-refractivity contribution in [2.75, 3.05) is 6.54 Å². The molecule has 1 rings (SSSR count). The molecule has 0 spiro atoms. The molecule has 1 amide bonds. The van der Waals surface area contributed by atoms with Gasteiger partial charge in [0.05, 0.1) is 0 Å². The average molecular weight is 184 g/mol. The molecule has 1 radical (unpaired) electrons. The fourth-order valence-corrected chi connectivity index (χ4v) is 1.40. The maximum atomic E-state index is 11.5. The van der Waals surface area contributed by atoms with Crippen LogP contribution < -0.4 is 0 Å². The van der Waals surface area contributed by atoms with Crippen LogP contribution in [0.4, 0.5) is 4.79 Å². The van der Waals surface area contributed by atoms with Crippen LogP contribution in [0.5, 0.6) is 0 Å². The van der Waals surface area contributed by atoms with Crippen LogP contribution >= 0.6 is 0 Å². The first kappa shape index (κ1) is 10.4. The van der Waals surface area contributed by atoms with Gasteiger partial charge in [-0.3, -0.25) is 0 Å². The van der Waals surface area contributed by atoms with Crippen LogP contribution in [0.1, 0.15) is 33.6 Å². The summed E-state index contributed by atoms with van der Waals surface area (Å²) in [6.45, 7) is 10.3. The molecule has 3 nitrogen and oxygen atoms in total. The van der Waals surface area contributed by atoms with Crippen LogP contribution in [0.25, 0.3) is 0 Å². The standard InChI is InChI=1S/C10H18NO2/c1-8-6-5-7-11(8)9(12)13-10(2,3)4/h8H,1,5-7H2,2-4H3/t8-/m0/s1. The lowest BCUT2D eigenvalue weighted by molar-refractivity contribution is 0.0254. The van der Waals surface area contributed by atoms with Crippen LogP contribution in [0, 0.1) is 6.92 Å². The maximum absolute atomic E-state index is 11.5. The highest BCUT2D eigenvalue weighted by Crippen LogP contribution is 2.19. The van der Waals surface area contributed by atoms with Crippen LogP contribution in [-0.4, -0.2) is 29.2 Å². The van der Waals surface area contributed by atoms with Crippen LogP contribution in [0.2, 0.25) is 0 Å². The molecule has 0 aromatic rings. The number of hydrogen-bond acceptors (Lipinski definition) is 2. The predicted molar refractivity (Wildman–Crippen MR) is 51.3 cm³/mol. The summed E-state index contributed by atoms with van der Waals surface area (Å²) in [6, 6.07) is 0.0925. The van der Waals surface area contributed by atoms with E-state index in [4.69, 9.17) is 4.74 Å². The fourth-order valence-electron chi connectivity index (χ4n) is 1.40. The summed E-state index contributed by atoms with van der Waals surface area (Å²) < 4.78 is 5.24. The summed E-state index contributed by atoms with van der Waals surface area (Å²) in [5.41, 5.74) is -0.403. The number of ether oxygens (including phenoxy) is 1. The highest BCUT2D eigenvalue weighted by Gasteiger charge is 2.29. The highest BCUT2D eigenvalue weighted by molar-refractivity contribution is 5.69. The van der Waals surface area contributed by atoms with E-state index in [1.807, 2.05) is 20.8 Å². The van der Waals surface area contributed by atoms with Gasteiger partial charge in [0.15, 0.2) is 0 Å². The van der Waals surface area contributed by atoms with Gasteiger partial charge in [0.1, 0.15) is 5.60 Å². The van der Waals surface area contributed by atoms with E-state index in [-0.39, 0.29) is 12.1 Å². The minimum Gasteiger partial charge on any atom is -0.444 e. The zero-order chi connectivity index (χ0) is 10.1. The number of likely N-dealkylation sites (tertiary alicyclic amines) is 1. The second kappa shape index (κ2) is 3.56. The van der Waals surface area contributed by atoms with Crippen LogP contribution in [0.3, 0.4) is 0 Å². The van der Waals surface area contributed by atoms with Crippen molar-refractivity contribution < 1.29 is 9.53 Å².